The quantitative estimate of drug-likeness (QED) is 0.576. The number of imide groups is 1. The third-order valence-electron chi connectivity index (χ3n) is 4.41. The molecule has 1 saturated heterocycles. The van der Waals surface area contributed by atoms with E-state index in [0.29, 0.717) is 11.3 Å². The summed E-state index contributed by atoms with van der Waals surface area (Å²) < 4.78 is 5.23. The van der Waals surface area contributed by atoms with Gasteiger partial charge in [-0.3, -0.25) is 14.5 Å². The highest BCUT2D eigenvalue weighted by atomic mass is 16.5. The van der Waals surface area contributed by atoms with Crippen LogP contribution in [0, 0.1) is 6.92 Å². The molecule has 0 bridgehead atoms. The smallest absolute Gasteiger partial charge is 0.338 e. The zero-order chi connectivity index (χ0) is 21.0. The molecule has 1 unspecified atom stereocenters. The number of amides is 4. The Bertz CT molecular complexity index is 939. The van der Waals surface area contributed by atoms with Crippen LogP contribution in [0.15, 0.2) is 48.5 Å². The lowest BCUT2D eigenvalue weighted by Gasteiger charge is -2.15. The van der Waals surface area contributed by atoms with Crippen LogP contribution in [0.3, 0.4) is 0 Å². The molecule has 1 fully saturated rings. The topological polar surface area (TPSA) is 105 Å². The van der Waals surface area contributed by atoms with Gasteiger partial charge in [-0.1, -0.05) is 24.3 Å². The zero-order valence-electron chi connectivity index (χ0n) is 16.1. The van der Waals surface area contributed by atoms with E-state index in [-0.39, 0.29) is 24.6 Å². The van der Waals surface area contributed by atoms with Crippen molar-refractivity contribution in [2.45, 2.75) is 26.5 Å². The molecule has 2 aromatic carbocycles. The molecule has 0 aliphatic carbocycles. The fourth-order valence-corrected chi connectivity index (χ4v) is 2.79. The Kier molecular flexibility index (Phi) is 5.92. The summed E-state index contributed by atoms with van der Waals surface area (Å²) in [7, 11) is 0. The van der Waals surface area contributed by atoms with Crippen molar-refractivity contribution in [3.63, 3.8) is 0 Å². The number of carbonyl (C=O) groups excluding carboxylic acids is 4. The molecule has 8 heteroatoms. The molecule has 4 amide bonds. The van der Waals surface area contributed by atoms with Crippen LogP contribution in [0.4, 0.5) is 10.5 Å². The Morgan fingerprint density at radius 1 is 1.17 bits per heavy atom. The standard InChI is InChI=1S/C21H21N3O5/c1-13-4-3-5-17(10-13)23-19(26)14(2)29-20(27)16-8-6-15(7-9-16)12-24-18(25)11-22-21(24)28/h3-10,14H,11-12H2,1-2H3,(H,22,28)(H,23,26). The molecule has 1 aliphatic heterocycles. The van der Waals surface area contributed by atoms with Gasteiger partial charge < -0.3 is 15.4 Å². The minimum atomic E-state index is -0.978. The number of nitrogens with one attached hydrogen (secondary N) is 2. The van der Waals surface area contributed by atoms with E-state index in [9.17, 15) is 19.2 Å². The summed E-state index contributed by atoms with van der Waals surface area (Å²) in [6.07, 6.45) is -0.978. The lowest BCUT2D eigenvalue weighted by molar-refractivity contribution is -0.125. The fraction of sp³-hybridized carbons (Fsp3) is 0.238. The van der Waals surface area contributed by atoms with Crippen LogP contribution in [0.25, 0.3) is 0 Å². The summed E-state index contributed by atoms with van der Waals surface area (Å²) >= 11 is 0. The third-order valence-corrected chi connectivity index (χ3v) is 4.41. The molecule has 1 heterocycles. The molecule has 150 valence electrons. The fourth-order valence-electron chi connectivity index (χ4n) is 2.79. The van der Waals surface area contributed by atoms with Crippen LogP contribution in [0.5, 0.6) is 0 Å². The highest BCUT2D eigenvalue weighted by Crippen LogP contribution is 2.13. The number of esters is 1. The van der Waals surface area contributed by atoms with Crippen molar-refractivity contribution in [3.05, 3.63) is 65.2 Å². The van der Waals surface area contributed by atoms with Gasteiger partial charge >= 0.3 is 12.0 Å². The molecule has 1 atom stereocenters. The minimum Gasteiger partial charge on any atom is -0.449 e. The second kappa shape index (κ2) is 8.55. The first-order chi connectivity index (χ1) is 13.8. The number of hydrogen-bond donors (Lipinski definition) is 2. The molecule has 2 N–H and O–H groups in total. The van der Waals surface area contributed by atoms with Crippen molar-refractivity contribution in [1.82, 2.24) is 10.2 Å². The highest BCUT2D eigenvalue weighted by molar-refractivity contribution is 6.02. The van der Waals surface area contributed by atoms with Gasteiger partial charge in [0.25, 0.3) is 5.91 Å². The first kappa shape index (κ1) is 20.1. The summed E-state index contributed by atoms with van der Waals surface area (Å²) in [6.45, 7) is 3.52. The van der Waals surface area contributed by atoms with E-state index in [1.54, 1.807) is 18.2 Å². The number of aryl methyl sites for hydroxylation is 1. The molecule has 29 heavy (non-hydrogen) atoms. The number of rotatable bonds is 6. The molecule has 1 aliphatic rings. The van der Waals surface area contributed by atoms with Crippen LogP contribution >= 0.6 is 0 Å². The van der Waals surface area contributed by atoms with Crippen LogP contribution in [0.1, 0.15) is 28.4 Å². The van der Waals surface area contributed by atoms with Gasteiger partial charge in [0.1, 0.15) is 0 Å². The maximum atomic E-state index is 12.3. The lowest BCUT2D eigenvalue weighted by atomic mass is 10.1. The van der Waals surface area contributed by atoms with Crippen LogP contribution in [-0.4, -0.2) is 41.4 Å². The lowest BCUT2D eigenvalue weighted by Crippen LogP contribution is -2.30. The zero-order valence-corrected chi connectivity index (χ0v) is 16.1. The Balaban J connectivity index is 1.56. The number of ether oxygens (including phenoxy) is 1. The maximum Gasteiger partial charge on any atom is 0.338 e. The van der Waals surface area contributed by atoms with E-state index in [0.717, 1.165) is 10.5 Å². The SMILES string of the molecule is Cc1cccc(NC(=O)C(C)OC(=O)c2ccc(CN3C(=O)CNC3=O)cc2)c1. The summed E-state index contributed by atoms with van der Waals surface area (Å²) in [5, 5.41) is 5.15. The van der Waals surface area contributed by atoms with Gasteiger partial charge in [-0.15, -0.1) is 0 Å². The van der Waals surface area contributed by atoms with Gasteiger partial charge in [-0.25, -0.2) is 9.59 Å². The van der Waals surface area contributed by atoms with Crippen LogP contribution < -0.4 is 10.6 Å². The van der Waals surface area contributed by atoms with E-state index in [1.165, 1.54) is 19.1 Å². The van der Waals surface area contributed by atoms with Gasteiger partial charge in [0.15, 0.2) is 6.10 Å². The van der Waals surface area contributed by atoms with Gasteiger partial charge in [0.05, 0.1) is 18.7 Å². The van der Waals surface area contributed by atoms with Crippen molar-refractivity contribution in [2.24, 2.45) is 0 Å². The first-order valence-electron chi connectivity index (χ1n) is 9.09. The molecule has 0 aromatic heterocycles. The van der Waals surface area contributed by atoms with E-state index in [4.69, 9.17) is 4.74 Å². The molecule has 0 spiro atoms. The Hall–Kier alpha value is -3.68. The van der Waals surface area contributed by atoms with Crippen molar-refractivity contribution >= 4 is 29.5 Å². The molecular weight excluding hydrogens is 374 g/mol. The van der Waals surface area contributed by atoms with E-state index in [1.807, 2.05) is 25.1 Å². The maximum absolute atomic E-state index is 12.3. The average Bonchev–Trinajstić information content (AvgIpc) is 3.00. The number of nitrogens with zero attached hydrogens (tertiary/aromatic N) is 1. The highest BCUT2D eigenvalue weighted by Gasteiger charge is 2.28. The average molecular weight is 395 g/mol. The van der Waals surface area contributed by atoms with Gasteiger partial charge in [-0.2, -0.15) is 0 Å². The molecule has 2 aromatic rings. The summed E-state index contributed by atoms with van der Waals surface area (Å²) in [4.78, 5) is 48.8. The van der Waals surface area contributed by atoms with Crippen molar-refractivity contribution in [3.8, 4) is 0 Å². The Morgan fingerprint density at radius 3 is 2.52 bits per heavy atom. The van der Waals surface area contributed by atoms with Crippen LogP contribution in [0.2, 0.25) is 0 Å². The van der Waals surface area contributed by atoms with Crippen molar-refractivity contribution in [1.29, 1.82) is 0 Å². The normalized spacial score (nSPS) is 14.3. The number of carbonyl (C=O) groups is 4. The largest absolute Gasteiger partial charge is 0.449 e. The van der Waals surface area contributed by atoms with Gasteiger partial charge in [0, 0.05) is 5.69 Å². The van der Waals surface area contributed by atoms with E-state index >= 15 is 0 Å². The van der Waals surface area contributed by atoms with Crippen LogP contribution in [-0.2, 0) is 20.9 Å². The first-order valence-corrected chi connectivity index (χ1v) is 9.09. The molecular formula is C21H21N3O5. The van der Waals surface area contributed by atoms with Gasteiger partial charge in [0.2, 0.25) is 5.91 Å². The second-order valence-electron chi connectivity index (χ2n) is 6.74. The number of benzene rings is 2. The number of urea groups is 1. The van der Waals surface area contributed by atoms with Crippen molar-refractivity contribution in [2.75, 3.05) is 11.9 Å². The van der Waals surface area contributed by atoms with E-state index in [2.05, 4.69) is 10.6 Å². The predicted molar refractivity (Wildman–Crippen MR) is 105 cm³/mol. The predicted octanol–water partition coefficient (Wildman–Crippen LogP) is 2.23. The summed E-state index contributed by atoms with van der Waals surface area (Å²) in [5.41, 5.74) is 2.58. The van der Waals surface area contributed by atoms with E-state index < -0.39 is 24.0 Å². The summed E-state index contributed by atoms with van der Waals surface area (Å²) in [5.74, 6) is -1.37. The number of anilines is 1. The Labute approximate surface area is 167 Å². The minimum absolute atomic E-state index is 0.00819. The summed E-state index contributed by atoms with van der Waals surface area (Å²) in [6, 6.07) is 13.2. The molecule has 0 radical (unpaired) electrons. The second-order valence-corrected chi connectivity index (χ2v) is 6.74. The van der Waals surface area contributed by atoms with Gasteiger partial charge in [-0.05, 0) is 49.2 Å². The molecule has 8 nitrogen and oxygen atoms in total. The number of hydrogen-bond acceptors (Lipinski definition) is 5. The van der Waals surface area contributed by atoms with Crippen molar-refractivity contribution < 1.29 is 23.9 Å². The monoisotopic (exact) mass is 395 g/mol. The molecule has 3 rings (SSSR count). The Morgan fingerprint density at radius 2 is 1.90 bits per heavy atom. The molecule has 0 saturated carbocycles. The third kappa shape index (κ3) is 4.98.